The Bertz CT molecular complexity index is 805. The van der Waals surface area contributed by atoms with Gasteiger partial charge >= 0.3 is 6.03 Å². The zero-order valence-electron chi connectivity index (χ0n) is 20.2. The highest BCUT2D eigenvalue weighted by Gasteiger charge is 2.29. The largest absolute Gasteiger partial charge is 0.497 e. The molecule has 0 aliphatic heterocycles. The molecule has 184 valence electrons. The number of ether oxygens (including phenoxy) is 2. The summed E-state index contributed by atoms with van der Waals surface area (Å²) in [4.78, 5) is 49.8. The van der Waals surface area contributed by atoms with Gasteiger partial charge in [0.15, 0.2) is 0 Å². The van der Waals surface area contributed by atoms with Gasteiger partial charge in [0.1, 0.15) is 17.5 Å². The van der Waals surface area contributed by atoms with Crippen LogP contribution < -0.4 is 30.7 Å². The monoisotopic (exact) mass is 464 g/mol. The minimum absolute atomic E-state index is 0.0806. The van der Waals surface area contributed by atoms with Crippen LogP contribution in [0.25, 0.3) is 0 Å². The molecule has 10 heteroatoms. The lowest BCUT2D eigenvalue weighted by Gasteiger charge is -2.23. The molecule has 0 aliphatic carbocycles. The summed E-state index contributed by atoms with van der Waals surface area (Å²) in [5, 5.41) is 10.4. The minimum Gasteiger partial charge on any atom is -0.497 e. The van der Waals surface area contributed by atoms with Crippen LogP contribution in [0.5, 0.6) is 11.5 Å². The molecule has 33 heavy (non-hydrogen) atoms. The van der Waals surface area contributed by atoms with Crippen LogP contribution >= 0.6 is 0 Å². The molecule has 2 atom stereocenters. The number of amides is 4. The first-order valence-corrected chi connectivity index (χ1v) is 11.0. The predicted molar refractivity (Wildman–Crippen MR) is 124 cm³/mol. The summed E-state index contributed by atoms with van der Waals surface area (Å²) < 4.78 is 10.4. The normalized spacial score (nSPS) is 12.3. The second-order valence-electron chi connectivity index (χ2n) is 7.92. The van der Waals surface area contributed by atoms with E-state index < -0.39 is 35.7 Å². The third kappa shape index (κ3) is 9.38. The van der Waals surface area contributed by atoms with Gasteiger partial charge in [0, 0.05) is 19.2 Å². The van der Waals surface area contributed by atoms with Crippen molar-refractivity contribution < 1.29 is 28.7 Å². The maximum atomic E-state index is 12.8. The van der Waals surface area contributed by atoms with Crippen molar-refractivity contribution >= 4 is 23.6 Å². The molecule has 0 saturated carbocycles. The van der Waals surface area contributed by atoms with E-state index >= 15 is 0 Å². The fourth-order valence-electron chi connectivity index (χ4n) is 3.09. The van der Waals surface area contributed by atoms with Crippen molar-refractivity contribution in [1.82, 2.24) is 21.3 Å². The van der Waals surface area contributed by atoms with Crippen LogP contribution in [-0.4, -0.2) is 56.5 Å². The smallest absolute Gasteiger partial charge is 0.315 e. The maximum absolute atomic E-state index is 12.8. The average molecular weight is 465 g/mol. The van der Waals surface area contributed by atoms with Crippen LogP contribution in [0.3, 0.4) is 0 Å². The van der Waals surface area contributed by atoms with E-state index in [1.54, 1.807) is 32.0 Å². The predicted octanol–water partition coefficient (Wildman–Crippen LogP) is 1.52. The summed E-state index contributed by atoms with van der Waals surface area (Å²) in [5.74, 6) is -0.857. The van der Waals surface area contributed by atoms with Crippen molar-refractivity contribution in [3.05, 3.63) is 23.8 Å². The molecule has 0 saturated heterocycles. The molecule has 0 radical (unpaired) electrons. The number of rotatable bonds is 13. The minimum atomic E-state index is -1.01. The molecule has 4 N–H and O–H groups in total. The standard InChI is InChI=1S/C23H36N4O6/c1-7-18(26-21(29)19(9-14(3)4)27-23(31)24-8-2)20(28)22(30)25-13-15-10-16(32-5)12-17(11-15)33-6/h10-12,14,18-19H,7-9,13H2,1-6H3,(H,25,30)(H,26,29)(H2,24,27,31)/t18?,19-/m0/s1. The van der Waals surface area contributed by atoms with Crippen LogP contribution in [0.2, 0.25) is 0 Å². The highest BCUT2D eigenvalue weighted by Crippen LogP contribution is 2.22. The molecule has 0 fully saturated rings. The molecule has 0 aromatic heterocycles. The number of nitrogens with one attached hydrogen (secondary N) is 4. The van der Waals surface area contributed by atoms with E-state index in [2.05, 4.69) is 21.3 Å². The molecule has 0 spiro atoms. The summed E-state index contributed by atoms with van der Waals surface area (Å²) in [5.41, 5.74) is 0.688. The van der Waals surface area contributed by atoms with Gasteiger partial charge in [0.25, 0.3) is 5.91 Å². The number of urea groups is 1. The van der Waals surface area contributed by atoms with Gasteiger partial charge in [-0.25, -0.2) is 4.79 Å². The van der Waals surface area contributed by atoms with Crippen LogP contribution in [0.15, 0.2) is 18.2 Å². The first-order chi connectivity index (χ1) is 15.6. The van der Waals surface area contributed by atoms with E-state index in [1.807, 2.05) is 13.8 Å². The highest BCUT2D eigenvalue weighted by molar-refractivity contribution is 6.38. The van der Waals surface area contributed by atoms with Gasteiger partial charge in [-0.3, -0.25) is 14.4 Å². The second-order valence-corrected chi connectivity index (χ2v) is 7.92. The summed E-state index contributed by atoms with van der Waals surface area (Å²) in [6.45, 7) is 7.79. The molecule has 0 heterocycles. The van der Waals surface area contributed by atoms with Crippen LogP contribution in [0, 0.1) is 5.92 Å². The Morgan fingerprint density at radius 3 is 1.97 bits per heavy atom. The Morgan fingerprint density at radius 1 is 0.879 bits per heavy atom. The zero-order valence-corrected chi connectivity index (χ0v) is 20.2. The third-order valence-corrected chi connectivity index (χ3v) is 4.80. The Hall–Kier alpha value is -3.30. The molecule has 10 nitrogen and oxygen atoms in total. The second kappa shape index (κ2) is 14.0. The number of hydrogen-bond acceptors (Lipinski definition) is 6. The van der Waals surface area contributed by atoms with E-state index in [0.717, 1.165) is 0 Å². The lowest BCUT2D eigenvalue weighted by molar-refractivity contribution is -0.140. The van der Waals surface area contributed by atoms with Gasteiger partial charge in [0.05, 0.1) is 20.3 Å². The third-order valence-electron chi connectivity index (χ3n) is 4.80. The Labute approximate surface area is 195 Å². The zero-order chi connectivity index (χ0) is 25.0. The Morgan fingerprint density at radius 2 is 1.48 bits per heavy atom. The number of methoxy groups -OCH3 is 2. The Balaban J connectivity index is 2.80. The van der Waals surface area contributed by atoms with Gasteiger partial charge in [0.2, 0.25) is 11.7 Å². The van der Waals surface area contributed by atoms with Crippen molar-refractivity contribution in [2.45, 2.75) is 59.2 Å². The van der Waals surface area contributed by atoms with E-state index in [1.165, 1.54) is 14.2 Å². The van der Waals surface area contributed by atoms with Crippen LogP contribution in [0.4, 0.5) is 4.79 Å². The molecule has 0 bridgehead atoms. The van der Waals surface area contributed by atoms with Crippen molar-refractivity contribution in [1.29, 1.82) is 0 Å². The summed E-state index contributed by atoms with van der Waals surface area (Å²) in [6.07, 6.45) is 0.609. The van der Waals surface area contributed by atoms with E-state index in [4.69, 9.17) is 9.47 Å². The summed E-state index contributed by atoms with van der Waals surface area (Å²) >= 11 is 0. The summed E-state index contributed by atoms with van der Waals surface area (Å²) in [7, 11) is 3.03. The van der Waals surface area contributed by atoms with Gasteiger partial charge in [-0.05, 0) is 43.4 Å². The summed E-state index contributed by atoms with van der Waals surface area (Å²) in [6, 6.07) is 2.82. The van der Waals surface area contributed by atoms with Gasteiger partial charge < -0.3 is 30.7 Å². The van der Waals surface area contributed by atoms with Gasteiger partial charge in [-0.2, -0.15) is 0 Å². The topological polar surface area (TPSA) is 135 Å². The van der Waals surface area contributed by atoms with Gasteiger partial charge in [-0.1, -0.05) is 20.8 Å². The fourth-order valence-corrected chi connectivity index (χ4v) is 3.09. The van der Waals surface area contributed by atoms with Crippen LogP contribution in [0.1, 0.15) is 46.1 Å². The molecule has 1 unspecified atom stereocenters. The van der Waals surface area contributed by atoms with Gasteiger partial charge in [-0.15, -0.1) is 0 Å². The number of benzene rings is 1. The van der Waals surface area contributed by atoms with E-state index in [9.17, 15) is 19.2 Å². The molecule has 0 aliphatic rings. The maximum Gasteiger partial charge on any atom is 0.315 e. The molecular formula is C23H36N4O6. The number of carbonyl (C=O) groups is 4. The first-order valence-electron chi connectivity index (χ1n) is 11.0. The van der Waals surface area contributed by atoms with E-state index in [-0.39, 0.29) is 18.9 Å². The van der Waals surface area contributed by atoms with Crippen molar-refractivity contribution in [2.24, 2.45) is 5.92 Å². The first kappa shape index (κ1) is 27.7. The molecular weight excluding hydrogens is 428 g/mol. The molecule has 1 aromatic rings. The van der Waals surface area contributed by atoms with Crippen molar-refractivity contribution in [2.75, 3.05) is 20.8 Å². The van der Waals surface area contributed by atoms with E-state index in [0.29, 0.717) is 30.0 Å². The lowest BCUT2D eigenvalue weighted by atomic mass is 10.0. The quantitative estimate of drug-likeness (QED) is 0.327. The van der Waals surface area contributed by atoms with Crippen LogP contribution in [-0.2, 0) is 20.9 Å². The number of hydrogen-bond donors (Lipinski definition) is 4. The number of Topliss-reactive ketones (excluding diaryl/α,β-unsaturated/α-hetero) is 1. The van der Waals surface area contributed by atoms with Crippen molar-refractivity contribution in [3.63, 3.8) is 0 Å². The fraction of sp³-hybridized carbons (Fsp3) is 0.565. The molecule has 4 amide bonds. The Kier molecular flexibility index (Phi) is 11.7. The SMILES string of the molecule is CCNC(=O)N[C@@H](CC(C)C)C(=O)NC(CC)C(=O)C(=O)NCc1cc(OC)cc(OC)c1. The number of ketones is 1. The lowest BCUT2D eigenvalue weighted by Crippen LogP contribution is -2.55. The number of carbonyl (C=O) groups excluding carboxylic acids is 4. The van der Waals surface area contributed by atoms with Crippen molar-refractivity contribution in [3.8, 4) is 11.5 Å². The highest BCUT2D eigenvalue weighted by atomic mass is 16.5. The molecule has 1 aromatic carbocycles. The average Bonchev–Trinajstić information content (AvgIpc) is 2.79. The molecule has 1 rings (SSSR count).